The molecule has 37 heavy (non-hydrogen) atoms. The number of anilines is 2. The molecule has 2 aromatic rings. The van der Waals surface area contributed by atoms with Crippen LogP contribution in [0.15, 0.2) is 42.5 Å². The summed E-state index contributed by atoms with van der Waals surface area (Å²) in [6, 6.07) is 11.1. The monoisotopic (exact) mass is 510 g/mol. The van der Waals surface area contributed by atoms with Crippen LogP contribution in [0.5, 0.6) is 0 Å². The van der Waals surface area contributed by atoms with Crippen molar-refractivity contribution in [3.63, 3.8) is 0 Å². The first-order valence-corrected chi connectivity index (χ1v) is 12.9. The van der Waals surface area contributed by atoms with E-state index in [9.17, 15) is 24.1 Å². The molecule has 3 atom stereocenters. The summed E-state index contributed by atoms with van der Waals surface area (Å²) in [5.41, 5.74) is 2.61. The molecule has 0 bridgehead atoms. The van der Waals surface area contributed by atoms with Crippen LogP contribution in [-0.4, -0.2) is 67.1 Å². The van der Waals surface area contributed by atoms with Crippen molar-refractivity contribution in [2.24, 2.45) is 11.8 Å². The largest absolute Gasteiger partial charge is 0.466 e. The van der Waals surface area contributed by atoms with Gasteiger partial charge in [0.2, 0.25) is 5.91 Å². The summed E-state index contributed by atoms with van der Waals surface area (Å²) in [5, 5.41) is 11.4. The molecule has 0 aliphatic carbocycles. The normalized spacial score (nSPS) is 23.2. The lowest BCUT2D eigenvalue weighted by molar-refractivity contribution is -0.384. The van der Waals surface area contributed by atoms with Gasteiger partial charge in [0.15, 0.2) is 0 Å². The first kappa shape index (κ1) is 25.0. The maximum absolute atomic E-state index is 14.0. The third-order valence-corrected chi connectivity index (χ3v) is 7.77. The number of non-ortho nitro benzene ring substituents is 1. The summed E-state index contributed by atoms with van der Waals surface area (Å²) in [6.07, 6.45) is 1.80. The van der Waals surface area contributed by atoms with Crippen molar-refractivity contribution in [2.75, 3.05) is 49.1 Å². The molecule has 3 aliphatic rings. The number of halogens is 1. The lowest BCUT2D eigenvalue weighted by Crippen LogP contribution is -2.62. The van der Waals surface area contributed by atoms with Gasteiger partial charge >= 0.3 is 5.97 Å². The van der Waals surface area contributed by atoms with Crippen LogP contribution in [0.4, 0.5) is 21.5 Å². The Morgan fingerprint density at radius 1 is 1.11 bits per heavy atom. The van der Waals surface area contributed by atoms with Gasteiger partial charge in [-0.3, -0.25) is 19.7 Å². The van der Waals surface area contributed by atoms with Crippen molar-refractivity contribution in [3.8, 4) is 0 Å². The van der Waals surface area contributed by atoms with Crippen LogP contribution in [0.3, 0.4) is 0 Å². The SMILES string of the molecule is CCOC(=O)C1CCCN(C(=O)C2Cc3cc([N+](=O)[O-])ccc3N3CCN(c4ccc(F)cc4)CC23)C1. The third kappa shape index (κ3) is 4.97. The molecule has 3 unspecified atom stereocenters. The van der Waals surface area contributed by atoms with E-state index >= 15 is 0 Å². The van der Waals surface area contributed by atoms with Crippen molar-refractivity contribution in [3.05, 3.63) is 64.0 Å². The third-order valence-electron chi connectivity index (χ3n) is 7.77. The van der Waals surface area contributed by atoms with Gasteiger partial charge in [-0.2, -0.15) is 0 Å². The number of carbonyl (C=O) groups is 2. The first-order chi connectivity index (χ1) is 17.9. The van der Waals surface area contributed by atoms with E-state index in [2.05, 4.69) is 9.80 Å². The minimum absolute atomic E-state index is 0.00805. The minimum atomic E-state index is -0.432. The highest BCUT2D eigenvalue weighted by Gasteiger charge is 2.44. The number of nitrogens with zero attached hydrogens (tertiary/aromatic N) is 4. The average molecular weight is 511 g/mol. The molecule has 0 N–H and O–H groups in total. The zero-order valence-corrected chi connectivity index (χ0v) is 20.8. The van der Waals surface area contributed by atoms with Crippen LogP contribution in [0.1, 0.15) is 25.3 Å². The molecule has 0 aromatic heterocycles. The van der Waals surface area contributed by atoms with Crippen LogP contribution in [-0.2, 0) is 20.7 Å². The Morgan fingerprint density at radius 3 is 2.62 bits per heavy atom. The quantitative estimate of drug-likeness (QED) is 0.346. The number of nitro benzene ring substituents is 1. The zero-order chi connectivity index (χ0) is 26.1. The van der Waals surface area contributed by atoms with Gasteiger partial charge in [-0.25, -0.2) is 4.39 Å². The van der Waals surface area contributed by atoms with E-state index in [-0.39, 0.29) is 35.3 Å². The molecule has 1 amide bonds. The van der Waals surface area contributed by atoms with Gasteiger partial charge in [0.1, 0.15) is 5.82 Å². The van der Waals surface area contributed by atoms with E-state index in [1.54, 1.807) is 36.1 Å². The number of ether oxygens (including phenoxy) is 1. The number of fused-ring (bicyclic) bond motifs is 3. The van der Waals surface area contributed by atoms with Gasteiger partial charge in [-0.05, 0) is 62.1 Å². The Kier molecular flexibility index (Phi) is 6.99. The van der Waals surface area contributed by atoms with E-state index in [1.807, 2.05) is 0 Å². The standard InChI is InChI=1S/C27H31FN4O5/c1-2-37-27(34)18-4-3-11-30(16-18)26(33)23-15-19-14-22(32(35)36)9-10-24(19)31-13-12-29(17-25(23)31)21-7-5-20(28)6-8-21/h5-10,14,18,23,25H,2-4,11-13,15-17H2,1H3. The van der Waals surface area contributed by atoms with E-state index in [0.29, 0.717) is 52.2 Å². The molecule has 5 rings (SSSR count). The van der Waals surface area contributed by atoms with Gasteiger partial charge < -0.3 is 19.4 Å². The summed E-state index contributed by atoms with van der Waals surface area (Å²) in [5.74, 6) is -1.38. The lowest BCUT2D eigenvalue weighted by Gasteiger charge is -2.50. The predicted molar refractivity (Wildman–Crippen MR) is 136 cm³/mol. The van der Waals surface area contributed by atoms with Crippen molar-refractivity contribution < 1.29 is 23.6 Å². The molecular weight excluding hydrogens is 479 g/mol. The van der Waals surface area contributed by atoms with Crippen LogP contribution >= 0.6 is 0 Å². The van der Waals surface area contributed by atoms with Gasteiger partial charge in [0, 0.05) is 56.2 Å². The van der Waals surface area contributed by atoms with Gasteiger partial charge in [-0.15, -0.1) is 0 Å². The van der Waals surface area contributed by atoms with Crippen LogP contribution in [0.25, 0.3) is 0 Å². The molecule has 10 heteroatoms. The number of amides is 1. The number of rotatable bonds is 5. The Bertz CT molecular complexity index is 1190. The predicted octanol–water partition coefficient (Wildman–Crippen LogP) is 3.40. The maximum atomic E-state index is 14.0. The van der Waals surface area contributed by atoms with Crippen LogP contribution in [0, 0.1) is 27.8 Å². The van der Waals surface area contributed by atoms with Crippen molar-refractivity contribution in [1.82, 2.24) is 4.90 Å². The van der Waals surface area contributed by atoms with Crippen molar-refractivity contribution >= 4 is 28.9 Å². The van der Waals surface area contributed by atoms with Crippen LogP contribution < -0.4 is 9.80 Å². The number of carbonyl (C=O) groups excluding carboxylic acids is 2. The number of piperazine rings is 1. The van der Waals surface area contributed by atoms with Gasteiger partial charge in [0.05, 0.1) is 29.4 Å². The molecule has 196 valence electrons. The highest BCUT2D eigenvalue weighted by atomic mass is 19.1. The Labute approximate surface area is 214 Å². The highest BCUT2D eigenvalue weighted by molar-refractivity contribution is 5.84. The van der Waals surface area contributed by atoms with Gasteiger partial charge in [-0.1, -0.05) is 0 Å². The zero-order valence-electron chi connectivity index (χ0n) is 20.8. The number of benzene rings is 2. The number of piperidine rings is 1. The van der Waals surface area contributed by atoms with E-state index < -0.39 is 10.8 Å². The fourth-order valence-electron chi connectivity index (χ4n) is 5.96. The number of hydrogen-bond donors (Lipinski definition) is 0. The van der Waals surface area contributed by atoms with E-state index in [4.69, 9.17) is 4.74 Å². The molecule has 0 spiro atoms. The van der Waals surface area contributed by atoms with Crippen molar-refractivity contribution in [2.45, 2.75) is 32.2 Å². The fourth-order valence-corrected chi connectivity index (χ4v) is 5.96. The molecule has 3 aliphatic heterocycles. The van der Waals surface area contributed by atoms with Crippen LogP contribution in [0.2, 0.25) is 0 Å². The Hall–Kier alpha value is -3.69. The summed E-state index contributed by atoms with van der Waals surface area (Å²) in [7, 11) is 0. The van der Waals surface area contributed by atoms with Crippen molar-refractivity contribution in [1.29, 1.82) is 0 Å². The Morgan fingerprint density at radius 2 is 1.89 bits per heavy atom. The lowest BCUT2D eigenvalue weighted by atomic mass is 9.82. The summed E-state index contributed by atoms with van der Waals surface area (Å²) < 4.78 is 18.7. The molecule has 9 nitrogen and oxygen atoms in total. The molecule has 2 fully saturated rings. The fraction of sp³-hybridized carbons (Fsp3) is 0.481. The molecule has 2 aromatic carbocycles. The second-order valence-electron chi connectivity index (χ2n) is 9.94. The number of esters is 1. The topological polar surface area (TPSA) is 96.2 Å². The second-order valence-corrected chi connectivity index (χ2v) is 9.94. The molecule has 2 saturated heterocycles. The first-order valence-electron chi connectivity index (χ1n) is 12.9. The Balaban J connectivity index is 1.44. The van der Waals surface area contributed by atoms with Gasteiger partial charge in [0.25, 0.3) is 5.69 Å². The smallest absolute Gasteiger partial charge is 0.310 e. The number of nitro groups is 1. The minimum Gasteiger partial charge on any atom is -0.466 e. The van der Waals surface area contributed by atoms with E-state index in [0.717, 1.165) is 23.4 Å². The highest BCUT2D eigenvalue weighted by Crippen LogP contribution is 2.39. The summed E-state index contributed by atoms with van der Waals surface area (Å²) >= 11 is 0. The maximum Gasteiger partial charge on any atom is 0.310 e. The molecule has 3 heterocycles. The van der Waals surface area contributed by atoms with E-state index in [1.165, 1.54) is 18.2 Å². The number of likely N-dealkylation sites (tertiary alicyclic amines) is 1. The summed E-state index contributed by atoms with van der Waals surface area (Å²) in [4.78, 5) is 43.6. The summed E-state index contributed by atoms with van der Waals surface area (Å²) in [6.45, 7) is 4.83. The molecular formula is C27H31FN4O5. The average Bonchev–Trinajstić information content (AvgIpc) is 2.92. The number of hydrogen-bond acceptors (Lipinski definition) is 7. The molecule has 0 saturated carbocycles. The molecule has 0 radical (unpaired) electrons. The second kappa shape index (κ2) is 10.4.